The average Bonchev–Trinajstić information content (AvgIpc) is 2.77. The normalized spacial score (nSPS) is 24.7. The third-order valence-electron chi connectivity index (χ3n) is 4.60. The van der Waals surface area contributed by atoms with Crippen molar-refractivity contribution in [3.63, 3.8) is 0 Å². The Morgan fingerprint density at radius 3 is 2.79 bits per heavy atom. The Bertz CT molecular complexity index is 951. The van der Waals surface area contributed by atoms with Crippen molar-refractivity contribution in [2.24, 2.45) is 0 Å². The van der Waals surface area contributed by atoms with Crippen molar-refractivity contribution in [1.29, 1.82) is 0 Å². The summed E-state index contributed by atoms with van der Waals surface area (Å²) in [4.78, 5) is 0. The Hall–Kier alpha value is -2.34. The Kier molecular flexibility index (Phi) is 1.50. The molecule has 0 saturated heterocycles. The van der Waals surface area contributed by atoms with Crippen molar-refractivity contribution in [3.05, 3.63) is 82.8 Å². The topological polar surface area (TPSA) is 0 Å². The predicted molar refractivity (Wildman–Crippen MR) is 80.2 cm³/mol. The summed E-state index contributed by atoms with van der Waals surface area (Å²) in [7, 11) is 0. The molecule has 5 rings (SSSR count). The first-order valence-electron chi connectivity index (χ1n) is 6.73. The third-order valence-corrected chi connectivity index (χ3v) is 4.60. The molecular formula is C19H12. The molecular weight excluding hydrogens is 228 g/mol. The van der Waals surface area contributed by atoms with Crippen molar-refractivity contribution >= 4 is 22.4 Å². The van der Waals surface area contributed by atoms with Gasteiger partial charge < -0.3 is 0 Å². The van der Waals surface area contributed by atoms with Crippen molar-refractivity contribution in [2.75, 3.05) is 0 Å². The van der Waals surface area contributed by atoms with Crippen LogP contribution in [-0.4, -0.2) is 0 Å². The van der Waals surface area contributed by atoms with Crippen molar-refractivity contribution in [3.8, 4) is 0 Å². The van der Waals surface area contributed by atoms with Gasteiger partial charge in [-0.3, -0.25) is 0 Å². The predicted octanol–water partition coefficient (Wildman–Crippen LogP) is 2.72. The molecule has 0 aliphatic heterocycles. The summed E-state index contributed by atoms with van der Waals surface area (Å²) < 4.78 is 0. The van der Waals surface area contributed by atoms with E-state index < -0.39 is 0 Å². The molecule has 0 amide bonds. The van der Waals surface area contributed by atoms with Gasteiger partial charge in [0.15, 0.2) is 0 Å². The fraction of sp³-hybridized carbons (Fsp3) is 0.0526. The van der Waals surface area contributed by atoms with Crippen molar-refractivity contribution < 1.29 is 0 Å². The van der Waals surface area contributed by atoms with Crippen LogP contribution in [0, 0.1) is 0 Å². The molecule has 0 bridgehead atoms. The molecule has 0 aromatic heterocycles. The molecule has 0 nitrogen and oxygen atoms in total. The van der Waals surface area contributed by atoms with Gasteiger partial charge in [-0.05, 0) is 32.3 Å². The monoisotopic (exact) mass is 240 g/mol. The quantitative estimate of drug-likeness (QED) is 0.664. The first-order chi connectivity index (χ1) is 9.40. The summed E-state index contributed by atoms with van der Waals surface area (Å²) in [5.41, 5.74) is 2.87. The first kappa shape index (κ1) is 9.57. The molecule has 0 heteroatoms. The van der Waals surface area contributed by atoms with Gasteiger partial charge >= 0.3 is 0 Å². The molecule has 88 valence electrons. The molecule has 3 aliphatic carbocycles. The maximum Gasteiger partial charge on any atom is 0.0587 e. The maximum absolute atomic E-state index is 2.34. The maximum atomic E-state index is 2.34. The fourth-order valence-electron chi connectivity index (χ4n) is 3.85. The summed E-state index contributed by atoms with van der Waals surface area (Å²) in [5.74, 6) is 0. The van der Waals surface area contributed by atoms with Gasteiger partial charge in [-0.25, -0.2) is 0 Å². The number of benzene rings is 2. The van der Waals surface area contributed by atoms with Gasteiger partial charge in [0.1, 0.15) is 0 Å². The molecule has 0 radical (unpaired) electrons. The molecule has 0 N–H and O–H groups in total. The molecule has 2 aromatic carbocycles. The smallest absolute Gasteiger partial charge is 0.0587 e. The van der Waals surface area contributed by atoms with E-state index in [0.29, 0.717) is 0 Å². The lowest BCUT2D eigenvalue weighted by Crippen LogP contribution is -2.29. The van der Waals surface area contributed by atoms with E-state index in [4.69, 9.17) is 0 Å². The summed E-state index contributed by atoms with van der Waals surface area (Å²) >= 11 is 0. The molecule has 19 heavy (non-hydrogen) atoms. The van der Waals surface area contributed by atoms with E-state index >= 15 is 0 Å². The van der Waals surface area contributed by atoms with Crippen LogP contribution in [0.5, 0.6) is 0 Å². The lowest BCUT2D eigenvalue weighted by atomic mass is 9.72. The van der Waals surface area contributed by atoms with E-state index in [9.17, 15) is 0 Å². The fourth-order valence-corrected chi connectivity index (χ4v) is 3.85. The van der Waals surface area contributed by atoms with Gasteiger partial charge in [0, 0.05) is 0 Å². The van der Waals surface area contributed by atoms with Crippen molar-refractivity contribution in [1.82, 2.24) is 0 Å². The Morgan fingerprint density at radius 1 is 0.842 bits per heavy atom. The number of hydrogen-bond acceptors (Lipinski definition) is 0. The van der Waals surface area contributed by atoms with Crippen LogP contribution in [0.2, 0.25) is 0 Å². The third kappa shape index (κ3) is 0.943. The zero-order valence-electron chi connectivity index (χ0n) is 10.4. The lowest BCUT2D eigenvalue weighted by molar-refractivity contribution is 0.888. The van der Waals surface area contributed by atoms with Gasteiger partial charge in [-0.1, -0.05) is 72.9 Å². The second-order valence-electron chi connectivity index (χ2n) is 5.46. The largest absolute Gasteiger partial charge is 0.0657 e. The van der Waals surface area contributed by atoms with Crippen LogP contribution in [-0.2, 0) is 5.41 Å². The minimum Gasteiger partial charge on any atom is -0.0657 e. The van der Waals surface area contributed by atoms with E-state index in [2.05, 4.69) is 72.9 Å². The van der Waals surface area contributed by atoms with Crippen molar-refractivity contribution in [2.45, 2.75) is 5.41 Å². The minimum absolute atomic E-state index is 0.0258. The highest BCUT2D eigenvalue weighted by atomic mass is 14.4. The Morgan fingerprint density at radius 2 is 1.79 bits per heavy atom. The first-order valence-corrected chi connectivity index (χ1v) is 6.73. The average molecular weight is 240 g/mol. The van der Waals surface area contributed by atoms with Crippen LogP contribution in [0.1, 0.15) is 5.56 Å². The highest BCUT2D eigenvalue weighted by Crippen LogP contribution is 2.44. The summed E-state index contributed by atoms with van der Waals surface area (Å²) in [5, 5.41) is 5.54. The highest BCUT2D eigenvalue weighted by molar-refractivity contribution is 6.00. The summed E-state index contributed by atoms with van der Waals surface area (Å²) in [6.45, 7) is 0. The van der Waals surface area contributed by atoms with E-state index in [0.717, 1.165) is 0 Å². The van der Waals surface area contributed by atoms with Gasteiger partial charge in [0.05, 0.1) is 5.41 Å². The zero-order valence-corrected chi connectivity index (χ0v) is 10.4. The Balaban J connectivity index is 2.20. The van der Waals surface area contributed by atoms with Gasteiger partial charge in [0.25, 0.3) is 0 Å². The van der Waals surface area contributed by atoms with Crippen LogP contribution in [0.3, 0.4) is 0 Å². The van der Waals surface area contributed by atoms with E-state index in [1.165, 1.54) is 32.3 Å². The number of rotatable bonds is 0. The Labute approximate surface area is 111 Å². The second-order valence-corrected chi connectivity index (χ2v) is 5.46. The summed E-state index contributed by atoms with van der Waals surface area (Å²) in [6, 6.07) is 11.1. The standard InChI is InChI=1S/C19H12/c1-2-11-19-12-4-6-14-10-9-13-5-3-7-15(16(19)8-1)17(13)18(14)19/h1-12H. The molecule has 1 spiro atoms. The highest BCUT2D eigenvalue weighted by Gasteiger charge is 2.39. The minimum atomic E-state index is -0.0258. The number of hydrogen-bond donors (Lipinski definition) is 0. The van der Waals surface area contributed by atoms with Gasteiger partial charge in [0.2, 0.25) is 0 Å². The van der Waals surface area contributed by atoms with Crippen LogP contribution in [0.4, 0.5) is 0 Å². The molecule has 0 fully saturated rings. The number of allylic oxidation sites excluding steroid dienone is 6. The summed E-state index contributed by atoms with van der Waals surface area (Å²) in [6.07, 6.45) is 15.7. The molecule has 0 heterocycles. The lowest BCUT2D eigenvalue weighted by Gasteiger charge is -2.30. The SMILES string of the molecule is C1=CC2=c3cccc4ccc5c(c34)C2(C=C1)C=CC=5. The molecule has 3 aliphatic rings. The van der Waals surface area contributed by atoms with Gasteiger partial charge in [-0.2, -0.15) is 0 Å². The van der Waals surface area contributed by atoms with Crippen LogP contribution in [0.25, 0.3) is 22.4 Å². The second kappa shape index (κ2) is 2.97. The van der Waals surface area contributed by atoms with E-state index in [1.807, 2.05) is 0 Å². The van der Waals surface area contributed by atoms with E-state index in [1.54, 1.807) is 0 Å². The molecule has 1 unspecified atom stereocenters. The molecule has 1 atom stereocenters. The molecule has 2 aromatic rings. The van der Waals surface area contributed by atoms with Gasteiger partial charge in [-0.15, -0.1) is 0 Å². The van der Waals surface area contributed by atoms with Crippen LogP contribution < -0.4 is 10.4 Å². The molecule has 0 saturated carbocycles. The van der Waals surface area contributed by atoms with E-state index in [-0.39, 0.29) is 5.41 Å². The zero-order chi connectivity index (χ0) is 12.4. The van der Waals surface area contributed by atoms with Crippen LogP contribution >= 0.6 is 0 Å². The van der Waals surface area contributed by atoms with Crippen LogP contribution in [0.15, 0.2) is 66.8 Å².